The summed E-state index contributed by atoms with van der Waals surface area (Å²) in [4.78, 5) is 74.2. The highest BCUT2D eigenvalue weighted by atomic mass is 16.7. The highest BCUT2D eigenvalue weighted by Crippen LogP contribution is 2.39. The zero-order valence-corrected chi connectivity index (χ0v) is 26.4. The second kappa shape index (κ2) is 13.1. The fraction of sp³-hybridized carbons (Fsp3) is 0.733. The maximum atomic E-state index is 14.3. The molecule has 0 aromatic carbocycles. The molecular weight excluding hydrogens is 584 g/mol. The standard InChI is InChI=1S/C30H44N8O7/c1-5-8-20(23(39)26(41)32-18-11-12-18)33-25(40)21-15-30(16-22(35-45-30)38-14-13-31-36-38)17-37(21)27(42)24(29(2,3)4)34-28(43)44-19-9-6-7-10-19/h13-14,18-21,24H,5-12,15-17H2,1-4H3,(H,32,41)(H,33,40)(H,34,43)/t20-,21-,24+,30-/m0/s1. The summed E-state index contributed by atoms with van der Waals surface area (Å²) in [5, 5.41) is 20.2. The lowest BCUT2D eigenvalue weighted by molar-refractivity contribution is -0.144. The predicted octanol–water partition coefficient (Wildman–Crippen LogP) is 1.42. The molecule has 2 aliphatic heterocycles. The summed E-state index contributed by atoms with van der Waals surface area (Å²) in [7, 11) is 0. The number of rotatable bonds is 10. The van der Waals surface area contributed by atoms with Gasteiger partial charge >= 0.3 is 6.09 Å². The number of oxime groups is 1. The molecule has 3 fully saturated rings. The Bertz CT molecular complexity index is 1320. The van der Waals surface area contributed by atoms with E-state index in [1.807, 2.05) is 27.7 Å². The SMILES string of the molecule is CCC[C@H](NC(=O)[C@@H]1C[C@]2(CC(n3ccnn3)=NO2)CN1C(=O)[C@@H](NC(=O)OC1CCCC1)C(C)(C)C)C(=O)C(=O)NC1CC1. The number of Topliss-reactive ketones (excluding diaryl/α,β-unsaturated/α-hetero) is 1. The van der Waals surface area contributed by atoms with Gasteiger partial charge in [0.15, 0.2) is 11.4 Å². The van der Waals surface area contributed by atoms with E-state index in [0.29, 0.717) is 12.3 Å². The molecule has 1 saturated heterocycles. The molecule has 0 bridgehead atoms. The predicted molar refractivity (Wildman–Crippen MR) is 160 cm³/mol. The van der Waals surface area contributed by atoms with Gasteiger partial charge in [-0.3, -0.25) is 19.2 Å². The molecule has 5 rings (SSSR count). The van der Waals surface area contributed by atoms with Crippen LogP contribution in [0, 0.1) is 5.41 Å². The topological polar surface area (TPSA) is 186 Å². The molecule has 1 aromatic rings. The summed E-state index contributed by atoms with van der Waals surface area (Å²) in [5.41, 5.74) is -1.80. The van der Waals surface area contributed by atoms with Gasteiger partial charge in [0.25, 0.3) is 5.91 Å². The number of amides is 4. The zero-order valence-electron chi connectivity index (χ0n) is 26.4. The van der Waals surface area contributed by atoms with Gasteiger partial charge in [-0.15, -0.1) is 5.10 Å². The maximum absolute atomic E-state index is 14.3. The van der Waals surface area contributed by atoms with Crippen LogP contribution in [-0.2, 0) is 28.8 Å². The Labute approximate surface area is 262 Å². The Balaban J connectivity index is 1.37. The molecule has 246 valence electrons. The van der Waals surface area contributed by atoms with Crippen molar-refractivity contribution in [2.24, 2.45) is 10.6 Å². The van der Waals surface area contributed by atoms with E-state index >= 15 is 0 Å². The van der Waals surface area contributed by atoms with Crippen molar-refractivity contribution in [2.45, 2.75) is 128 Å². The molecule has 0 radical (unpaired) electrons. The summed E-state index contributed by atoms with van der Waals surface area (Å²) in [6.07, 6.45) is 8.50. The number of ketones is 1. The van der Waals surface area contributed by atoms with Crippen LogP contribution in [0.15, 0.2) is 17.5 Å². The molecule has 3 heterocycles. The minimum atomic E-state index is -1.07. The third kappa shape index (κ3) is 7.61. The van der Waals surface area contributed by atoms with Crippen LogP contribution in [0.2, 0.25) is 0 Å². The van der Waals surface area contributed by atoms with Crippen molar-refractivity contribution in [1.82, 2.24) is 35.8 Å². The normalized spacial score (nSPS) is 24.5. The van der Waals surface area contributed by atoms with E-state index in [9.17, 15) is 24.0 Å². The number of hydrogen-bond donors (Lipinski definition) is 3. The number of likely N-dealkylation sites (tertiary alicyclic amines) is 1. The van der Waals surface area contributed by atoms with Gasteiger partial charge in [-0.05, 0) is 50.4 Å². The number of hydrogen-bond acceptors (Lipinski definition) is 10. The minimum absolute atomic E-state index is 0.00783. The van der Waals surface area contributed by atoms with Crippen LogP contribution in [0.25, 0.3) is 0 Å². The molecule has 0 unspecified atom stereocenters. The molecule has 2 aliphatic carbocycles. The summed E-state index contributed by atoms with van der Waals surface area (Å²) in [5.74, 6) is -2.08. The van der Waals surface area contributed by atoms with Crippen LogP contribution in [0.4, 0.5) is 4.79 Å². The van der Waals surface area contributed by atoms with E-state index in [0.717, 1.165) is 38.5 Å². The quantitative estimate of drug-likeness (QED) is 0.322. The zero-order chi connectivity index (χ0) is 32.4. The van der Waals surface area contributed by atoms with E-state index in [1.54, 1.807) is 6.20 Å². The van der Waals surface area contributed by atoms with Gasteiger partial charge < -0.3 is 30.4 Å². The lowest BCUT2D eigenvalue weighted by Gasteiger charge is -2.35. The first-order valence-electron chi connectivity index (χ1n) is 15.9. The number of carbonyl (C=O) groups excluding carboxylic acids is 5. The number of ether oxygens (including phenoxy) is 1. The maximum Gasteiger partial charge on any atom is 0.408 e. The van der Waals surface area contributed by atoms with Crippen molar-refractivity contribution >= 4 is 35.4 Å². The van der Waals surface area contributed by atoms with Gasteiger partial charge in [-0.1, -0.05) is 44.5 Å². The second-order valence-electron chi connectivity index (χ2n) is 13.7. The highest BCUT2D eigenvalue weighted by Gasteiger charge is 2.56. The minimum Gasteiger partial charge on any atom is -0.446 e. The molecule has 4 atom stereocenters. The fourth-order valence-electron chi connectivity index (χ4n) is 6.17. The Kier molecular flexibility index (Phi) is 9.44. The number of nitrogens with zero attached hydrogens (tertiary/aromatic N) is 5. The summed E-state index contributed by atoms with van der Waals surface area (Å²) >= 11 is 0. The average molecular weight is 629 g/mol. The number of nitrogens with one attached hydrogen (secondary N) is 3. The monoisotopic (exact) mass is 628 g/mol. The Morgan fingerprint density at radius 1 is 1.11 bits per heavy atom. The van der Waals surface area contributed by atoms with Crippen LogP contribution in [0.5, 0.6) is 0 Å². The smallest absolute Gasteiger partial charge is 0.408 e. The van der Waals surface area contributed by atoms with Gasteiger partial charge in [-0.25, -0.2) is 9.48 Å². The Hall–Kier alpha value is -4.04. The molecule has 2 saturated carbocycles. The number of aromatic nitrogens is 3. The first kappa shape index (κ1) is 32.4. The highest BCUT2D eigenvalue weighted by molar-refractivity contribution is 6.38. The van der Waals surface area contributed by atoms with Crippen LogP contribution in [0.3, 0.4) is 0 Å². The van der Waals surface area contributed by atoms with Gasteiger partial charge in [0, 0.05) is 12.5 Å². The largest absolute Gasteiger partial charge is 0.446 e. The van der Waals surface area contributed by atoms with E-state index in [4.69, 9.17) is 9.57 Å². The van der Waals surface area contributed by atoms with Crippen LogP contribution in [-0.4, -0.2) is 97.7 Å². The molecule has 15 heteroatoms. The molecular formula is C30H44N8O7. The first-order chi connectivity index (χ1) is 21.4. The van der Waals surface area contributed by atoms with Gasteiger partial charge in [0.2, 0.25) is 17.6 Å². The summed E-state index contributed by atoms with van der Waals surface area (Å²) < 4.78 is 7.06. The van der Waals surface area contributed by atoms with E-state index in [1.165, 1.54) is 15.8 Å². The third-order valence-corrected chi connectivity index (χ3v) is 8.80. The molecule has 3 N–H and O–H groups in total. The molecule has 1 aromatic heterocycles. The average Bonchev–Trinajstić information content (AvgIpc) is 3.46. The third-order valence-electron chi connectivity index (χ3n) is 8.80. The molecule has 4 amide bonds. The molecule has 45 heavy (non-hydrogen) atoms. The lowest BCUT2D eigenvalue weighted by Crippen LogP contribution is -2.59. The van der Waals surface area contributed by atoms with Crippen molar-refractivity contribution in [1.29, 1.82) is 0 Å². The van der Waals surface area contributed by atoms with Crippen LogP contribution < -0.4 is 16.0 Å². The Morgan fingerprint density at radius 3 is 2.47 bits per heavy atom. The van der Waals surface area contributed by atoms with Crippen molar-refractivity contribution in [3.05, 3.63) is 12.4 Å². The lowest BCUT2D eigenvalue weighted by atomic mass is 9.85. The molecule has 4 aliphatic rings. The van der Waals surface area contributed by atoms with Gasteiger partial charge in [-0.2, -0.15) is 0 Å². The molecule has 15 nitrogen and oxygen atoms in total. The van der Waals surface area contributed by atoms with Crippen LogP contribution >= 0.6 is 0 Å². The van der Waals surface area contributed by atoms with Gasteiger partial charge in [0.1, 0.15) is 18.2 Å². The van der Waals surface area contributed by atoms with Crippen molar-refractivity contribution in [3.8, 4) is 0 Å². The van der Waals surface area contributed by atoms with E-state index in [2.05, 4.69) is 31.4 Å². The van der Waals surface area contributed by atoms with Gasteiger partial charge in [0.05, 0.1) is 31.4 Å². The van der Waals surface area contributed by atoms with Crippen LogP contribution in [0.1, 0.15) is 91.9 Å². The number of alkyl carbamates (subject to hydrolysis) is 1. The van der Waals surface area contributed by atoms with Crippen molar-refractivity contribution < 1.29 is 33.5 Å². The summed E-state index contributed by atoms with van der Waals surface area (Å²) in [6.45, 7) is 7.30. The van der Waals surface area contributed by atoms with Crippen molar-refractivity contribution in [2.75, 3.05) is 6.54 Å². The summed E-state index contributed by atoms with van der Waals surface area (Å²) in [6, 6.07) is -3.17. The first-order valence-corrected chi connectivity index (χ1v) is 15.9. The Morgan fingerprint density at radius 2 is 1.84 bits per heavy atom. The molecule has 1 spiro atoms. The van der Waals surface area contributed by atoms with E-state index in [-0.39, 0.29) is 38.0 Å². The number of carbonyl (C=O) groups is 5. The van der Waals surface area contributed by atoms with Crippen molar-refractivity contribution in [3.63, 3.8) is 0 Å². The fourth-order valence-corrected chi connectivity index (χ4v) is 6.17. The second-order valence-corrected chi connectivity index (χ2v) is 13.7. The van der Waals surface area contributed by atoms with E-state index < -0.39 is 58.7 Å².